The van der Waals surface area contributed by atoms with Gasteiger partial charge in [-0.3, -0.25) is 0 Å². The summed E-state index contributed by atoms with van der Waals surface area (Å²) in [4.78, 5) is 7.24. The maximum absolute atomic E-state index is 6.42. The first-order chi connectivity index (χ1) is 11.2. The standard InChI is InChI=1S/C19H18BrN3.ClH/c20-14-6-7-17-16(12-14)18(21)15-9-11-23(19(15)22-17)10-8-13-4-2-1-3-5-13;/h1-7,12H,8-11H2,(H2,21,22);1H. The molecular weight excluding hydrogens is 386 g/mol. The van der Waals surface area contributed by atoms with Crippen LogP contribution in [0.15, 0.2) is 53.0 Å². The Labute approximate surface area is 156 Å². The van der Waals surface area contributed by atoms with Crippen LogP contribution in [-0.2, 0) is 12.8 Å². The highest BCUT2D eigenvalue weighted by atomic mass is 79.9. The minimum absolute atomic E-state index is 0. The van der Waals surface area contributed by atoms with Gasteiger partial charge in [0.15, 0.2) is 0 Å². The molecule has 0 saturated heterocycles. The fourth-order valence-corrected chi connectivity index (χ4v) is 3.63. The van der Waals surface area contributed by atoms with Crippen molar-refractivity contribution < 1.29 is 0 Å². The monoisotopic (exact) mass is 403 g/mol. The van der Waals surface area contributed by atoms with Crippen LogP contribution in [0.4, 0.5) is 11.5 Å². The van der Waals surface area contributed by atoms with E-state index in [0.29, 0.717) is 0 Å². The van der Waals surface area contributed by atoms with Gasteiger partial charge in [-0.25, -0.2) is 4.98 Å². The van der Waals surface area contributed by atoms with E-state index in [1.54, 1.807) is 0 Å². The van der Waals surface area contributed by atoms with Gasteiger partial charge in [0.2, 0.25) is 0 Å². The van der Waals surface area contributed by atoms with Crippen molar-refractivity contribution in [2.75, 3.05) is 23.7 Å². The molecule has 0 saturated carbocycles. The van der Waals surface area contributed by atoms with Crippen molar-refractivity contribution in [3.8, 4) is 0 Å². The second kappa shape index (κ2) is 6.99. The first kappa shape index (κ1) is 17.1. The molecule has 0 amide bonds. The topological polar surface area (TPSA) is 42.1 Å². The maximum Gasteiger partial charge on any atom is 0.134 e. The van der Waals surface area contributed by atoms with Crippen LogP contribution in [0.5, 0.6) is 0 Å². The number of fused-ring (bicyclic) bond motifs is 2. The molecule has 24 heavy (non-hydrogen) atoms. The summed E-state index contributed by atoms with van der Waals surface area (Å²) < 4.78 is 1.04. The second-order valence-corrected chi connectivity index (χ2v) is 6.88. The molecule has 0 radical (unpaired) electrons. The molecule has 2 N–H and O–H groups in total. The number of anilines is 2. The van der Waals surface area contributed by atoms with Crippen LogP contribution in [0.25, 0.3) is 10.9 Å². The van der Waals surface area contributed by atoms with E-state index >= 15 is 0 Å². The summed E-state index contributed by atoms with van der Waals surface area (Å²) in [5.41, 5.74) is 10.8. The van der Waals surface area contributed by atoms with Crippen molar-refractivity contribution in [3.05, 3.63) is 64.1 Å². The third kappa shape index (κ3) is 3.08. The maximum atomic E-state index is 6.42. The van der Waals surface area contributed by atoms with Crippen molar-refractivity contribution in [3.63, 3.8) is 0 Å². The van der Waals surface area contributed by atoms with E-state index in [1.165, 1.54) is 11.1 Å². The van der Waals surface area contributed by atoms with E-state index in [2.05, 4.69) is 57.2 Å². The van der Waals surface area contributed by atoms with Gasteiger partial charge in [-0.2, -0.15) is 0 Å². The van der Waals surface area contributed by atoms with Gasteiger partial charge in [0.1, 0.15) is 5.82 Å². The van der Waals surface area contributed by atoms with Gasteiger partial charge in [-0.1, -0.05) is 46.3 Å². The predicted molar refractivity (Wildman–Crippen MR) is 107 cm³/mol. The summed E-state index contributed by atoms with van der Waals surface area (Å²) in [6.45, 7) is 1.97. The minimum atomic E-state index is 0. The van der Waals surface area contributed by atoms with E-state index < -0.39 is 0 Å². The number of hydrogen-bond acceptors (Lipinski definition) is 3. The summed E-state index contributed by atoms with van der Waals surface area (Å²) in [6, 6.07) is 16.7. The van der Waals surface area contributed by atoms with Gasteiger partial charge in [-0.15, -0.1) is 12.4 Å². The van der Waals surface area contributed by atoms with Crippen LogP contribution in [0.2, 0.25) is 0 Å². The van der Waals surface area contributed by atoms with E-state index in [9.17, 15) is 0 Å². The number of hydrogen-bond donors (Lipinski definition) is 1. The quantitative estimate of drug-likeness (QED) is 0.693. The smallest absolute Gasteiger partial charge is 0.134 e. The van der Waals surface area contributed by atoms with Crippen molar-refractivity contribution >= 4 is 50.7 Å². The lowest BCUT2D eigenvalue weighted by atomic mass is 10.1. The molecule has 1 aliphatic rings. The second-order valence-electron chi connectivity index (χ2n) is 5.96. The Morgan fingerprint density at radius 3 is 2.71 bits per heavy atom. The zero-order chi connectivity index (χ0) is 15.8. The molecule has 0 fully saturated rings. The van der Waals surface area contributed by atoms with Gasteiger partial charge < -0.3 is 10.6 Å². The molecule has 0 spiro atoms. The molecular formula is C19H19BrClN3. The van der Waals surface area contributed by atoms with E-state index in [-0.39, 0.29) is 12.4 Å². The van der Waals surface area contributed by atoms with Gasteiger partial charge >= 0.3 is 0 Å². The van der Waals surface area contributed by atoms with Gasteiger partial charge in [0.05, 0.1) is 5.52 Å². The minimum Gasteiger partial charge on any atom is -0.398 e. The molecule has 4 rings (SSSR count). The lowest BCUT2D eigenvalue weighted by Gasteiger charge is -2.19. The summed E-state index contributed by atoms with van der Waals surface area (Å²) in [5, 5.41) is 1.04. The van der Waals surface area contributed by atoms with Crippen molar-refractivity contribution in [2.24, 2.45) is 0 Å². The summed E-state index contributed by atoms with van der Waals surface area (Å²) in [6.07, 6.45) is 2.01. The highest BCUT2D eigenvalue weighted by Crippen LogP contribution is 2.36. The van der Waals surface area contributed by atoms with Crippen molar-refractivity contribution in [1.29, 1.82) is 0 Å². The molecule has 2 aromatic carbocycles. The zero-order valence-corrected chi connectivity index (χ0v) is 15.6. The van der Waals surface area contributed by atoms with Crippen LogP contribution in [0, 0.1) is 0 Å². The molecule has 5 heteroatoms. The molecule has 0 unspecified atom stereocenters. The number of pyridine rings is 1. The third-order valence-electron chi connectivity index (χ3n) is 4.51. The normalized spacial score (nSPS) is 13.0. The summed E-state index contributed by atoms with van der Waals surface area (Å²) in [5.74, 6) is 1.06. The molecule has 1 aliphatic heterocycles. The molecule has 3 nitrogen and oxygen atoms in total. The number of benzene rings is 2. The van der Waals surface area contributed by atoms with Crippen LogP contribution in [-0.4, -0.2) is 18.1 Å². The van der Waals surface area contributed by atoms with E-state index in [4.69, 9.17) is 10.7 Å². The van der Waals surface area contributed by atoms with Gasteiger partial charge in [-0.05, 0) is 36.6 Å². The zero-order valence-electron chi connectivity index (χ0n) is 13.2. The van der Waals surface area contributed by atoms with Crippen LogP contribution in [0.1, 0.15) is 11.1 Å². The Balaban J connectivity index is 0.00000169. The molecule has 1 aromatic heterocycles. The van der Waals surface area contributed by atoms with Crippen LogP contribution < -0.4 is 10.6 Å². The number of aromatic nitrogens is 1. The molecule has 0 bridgehead atoms. The fraction of sp³-hybridized carbons (Fsp3) is 0.211. The Kier molecular flexibility index (Phi) is 4.97. The van der Waals surface area contributed by atoms with Crippen molar-refractivity contribution in [1.82, 2.24) is 4.98 Å². The average Bonchev–Trinajstić information content (AvgIpc) is 2.98. The number of halogens is 2. The van der Waals surface area contributed by atoms with E-state index in [1.807, 2.05) is 12.1 Å². The lowest BCUT2D eigenvalue weighted by molar-refractivity contribution is 0.806. The summed E-state index contributed by atoms with van der Waals surface area (Å²) >= 11 is 3.52. The highest BCUT2D eigenvalue weighted by molar-refractivity contribution is 9.10. The molecule has 124 valence electrons. The van der Waals surface area contributed by atoms with Crippen molar-refractivity contribution in [2.45, 2.75) is 12.8 Å². The Morgan fingerprint density at radius 2 is 1.92 bits per heavy atom. The lowest BCUT2D eigenvalue weighted by Crippen LogP contribution is -2.24. The largest absolute Gasteiger partial charge is 0.398 e. The number of nitrogen functional groups attached to an aromatic ring is 1. The number of nitrogens with zero attached hydrogens (tertiary/aromatic N) is 2. The first-order valence-electron chi connectivity index (χ1n) is 7.89. The fourth-order valence-electron chi connectivity index (χ4n) is 3.27. The SMILES string of the molecule is Cl.Nc1c2c(nc3ccc(Br)cc13)N(CCc1ccccc1)CC2. The first-order valence-corrected chi connectivity index (χ1v) is 8.68. The third-order valence-corrected chi connectivity index (χ3v) is 5.01. The van der Waals surface area contributed by atoms with Crippen LogP contribution >= 0.6 is 28.3 Å². The highest BCUT2D eigenvalue weighted by Gasteiger charge is 2.24. The molecule has 0 aliphatic carbocycles. The Hall–Kier alpha value is -1.78. The van der Waals surface area contributed by atoms with Gasteiger partial charge in [0.25, 0.3) is 0 Å². The average molecular weight is 405 g/mol. The van der Waals surface area contributed by atoms with Gasteiger partial charge in [0, 0.05) is 34.2 Å². The summed E-state index contributed by atoms with van der Waals surface area (Å²) in [7, 11) is 0. The number of nitrogens with two attached hydrogens (primary N) is 1. The predicted octanol–water partition coefficient (Wildman–Crippen LogP) is 4.61. The Bertz CT molecular complexity index is 867. The Morgan fingerprint density at radius 1 is 1.12 bits per heavy atom. The molecule has 0 atom stereocenters. The molecule has 2 heterocycles. The van der Waals surface area contributed by atoms with Crippen LogP contribution in [0.3, 0.4) is 0 Å². The van der Waals surface area contributed by atoms with E-state index in [0.717, 1.165) is 52.8 Å². The number of rotatable bonds is 3. The molecule has 3 aromatic rings.